The molecular formula is C24H26N2O5. The third-order valence-electron chi connectivity index (χ3n) is 5.91. The van der Waals surface area contributed by atoms with Crippen molar-refractivity contribution in [3.63, 3.8) is 0 Å². The Morgan fingerprint density at radius 2 is 1.90 bits per heavy atom. The van der Waals surface area contributed by atoms with Crippen LogP contribution in [0, 0.1) is 5.92 Å². The third-order valence-corrected chi connectivity index (χ3v) is 5.91. The van der Waals surface area contributed by atoms with E-state index in [1.807, 2.05) is 42.5 Å². The molecule has 2 aliphatic heterocycles. The summed E-state index contributed by atoms with van der Waals surface area (Å²) < 4.78 is 4.98. The minimum absolute atomic E-state index is 0.0173. The summed E-state index contributed by atoms with van der Waals surface area (Å²) in [5.41, 5.74) is 1.23. The molecule has 0 aromatic heterocycles. The van der Waals surface area contributed by atoms with Crippen molar-refractivity contribution in [1.29, 1.82) is 0 Å². The van der Waals surface area contributed by atoms with Gasteiger partial charge in [0.15, 0.2) is 5.60 Å². The van der Waals surface area contributed by atoms with Crippen LogP contribution in [0.4, 0.5) is 16.2 Å². The van der Waals surface area contributed by atoms with Gasteiger partial charge < -0.3 is 19.8 Å². The molecule has 1 saturated heterocycles. The molecule has 4 rings (SSSR count). The first-order chi connectivity index (χ1) is 15.0. The summed E-state index contributed by atoms with van der Waals surface area (Å²) in [6.07, 6.45) is 3.67. The number of hydrogen-bond donors (Lipinski definition) is 2. The molecule has 2 aromatic rings. The average Bonchev–Trinajstić information content (AvgIpc) is 3.30. The molecule has 2 heterocycles. The molecule has 0 spiro atoms. The Balaban J connectivity index is 1.59. The summed E-state index contributed by atoms with van der Waals surface area (Å²) in [4.78, 5) is 28.3. The van der Waals surface area contributed by atoms with E-state index in [-0.39, 0.29) is 18.6 Å². The van der Waals surface area contributed by atoms with Crippen molar-refractivity contribution in [2.24, 2.45) is 5.92 Å². The maximum Gasteiger partial charge on any atom is 0.414 e. The molecule has 0 saturated carbocycles. The first-order valence-corrected chi connectivity index (χ1v) is 10.4. The number of benzene rings is 2. The second-order valence-corrected chi connectivity index (χ2v) is 7.84. The highest BCUT2D eigenvalue weighted by Gasteiger charge is 2.52. The number of cyclic esters (lactones) is 1. The number of aliphatic hydroxyl groups is 2. The molecule has 31 heavy (non-hydrogen) atoms. The van der Waals surface area contributed by atoms with Crippen LogP contribution in [0.1, 0.15) is 24.5 Å². The number of carbonyl (C=O) groups excluding carboxylic acids is 2. The van der Waals surface area contributed by atoms with E-state index in [9.17, 15) is 14.7 Å². The maximum absolute atomic E-state index is 13.4. The number of hydrogen-bond acceptors (Lipinski definition) is 5. The van der Waals surface area contributed by atoms with Crippen LogP contribution in [-0.4, -0.2) is 42.0 Å². The lowest BCUT2D eigenvalue weighted by Crippen LogP contribution is -2.44. The van der Waals surface area contributed by atoms with Crippen molar-refractivity contribution in [2.45, 2.75) is 25.5 Å². The number of para-hydroxylation sites is 1. The summed E-state index contributed by atoms with van der Waals surface area (Å²) in [6.45, 7) is 3.02. The highest BCUT2D eigenvalue weighted by atomic mass is 16.6. The zero-order valence-electron chi connectivity index (χ0n) is 17.4. The molecule has 2 amide bonds. The highest BCUT2D eigenvalue weighted by Crippen LogP contribution is 2.45. The van der Waals surface area contributed by atoms with E-state index < -0.39 is 11.5 Å². The van der Waals surface area contributed by atoms with Gasteiger partial charge in [-0.2, -0.15) is 0 Å². The molecule has 7 nitrogen and oxygen atoms in total. The molecule has 2 atom stereocenters. The predicted octanol–water partition coefficient (Wildman–Crippen LogP) is 2.95. The number of fused-ring (bicyclic) bond motifs is 1. The van der Waals surface area contributed by atoms with Gasteiger partial charge in [0.2, 0.25) is 0 Å². The minimum Gasteiger partial charge on any atom is -0.447 e. The summed E-state index contributed by atoms with van der Waals surface area (Å²) in [5.74, 6) is -0.830. The van der Waals surface area contributed by atoms with Gasteiger partial charge >= 0.3 is 6.09 Å². The Morgan fingerprint density at radius 1 is 1.16 bits per heavy atom. The maximum atomic E-state index is 13.4. The topological polar surface area (TPSA) is 90.3 Å². The fourth-order valence-electron chi connectivity index (χ4n) is 4.16. The lowest BCUT2D eigenvalue weighted by atomic mass is 9.83. The zero-order valence-corrected chi connectivity index (χ0v) is 17.4. The monoisotopic (exact) mass is 422 g/mol. The van der Waals surface area contributed by atoms with Crippen molar-refractivity contribution in [3.8, 4) is 0 Å². The predicted molar refractivity (Wildman–Crippen MR) is 117 cm³/mol. The van der Waals surface area contributed by atoms with Crippen LogP contribution < -0.4 is 9.80 Å². The molecule has 0 unspecified atom stereocenters. The van der Waals surface area contributed by atoms with Crippen molar-refractivity contribution >= 4 is 23.4 Å². The number of anilines is 2. The summed E-state index contributed by atoms with van der Waals surface area (Å²) in [6, 6.07) is 14.7. The Bertz CT molecular complexity index is 1000. The fraction of sp³-hybridized carbons (Fsp3) is 0.333. The summed E-state index contributed by atoms with van der Waals surface area (Å²) in [5, 5.41) is 20.5. The van der Waals surface area contributed by atoms with Crippen molar-refractivity contribution < 1.29 is 24.5 Å². The van der Waals surface area contributed by atoms with Gasteiger partial charge in [0, 0.05) is 23.8 Å². The molecule has 0 aliphatic carbocycles. The Hall–Kier alpha value is -3.16. The van der Waals surface area contributed by atoms with E-state index in [4.69, 9.17) is 9.84 Å². The van der Waals surface area contributed by atoms with Gasteiger partial charge in [-0.05, 0) is 30.2 Å². The average molecular weight is 422 g/mol. The van der Waals surface area contributed by atoms with Crippen molar-refractivity contribution in [1.82, 2.24) is 0 Å². The first-order valence-electron chi connectivity index (χ1n) is 10.4. The van der Waals surface area contributed by atoms with Crippen LogP contribution in [0.5, 0.6) is 0 Å². The second kappa shape index (κ2) is 8.53. The van der Waals surface area contributed by atoms with E-state index in [0.717, 1.165) is 11.3 Å². The summed E-state index contributed by atoms with van der Waals surface area (Å²) >= 11 is 0. The minimum atomic E-state index is -1.66. The third kappa shape index (κ3) is 3.71. The van der Waals surface area contributed by atoms with Crippen LogP contribution in [-0.2, 0) is 21.7 Å². The van der Waals surface area contributed by atoms with Gasteiger partial charge in [0.05, 0.1) is 18.8 Å². The molecule has 2 aromatic carbocycles. The van der Waals surface area contributed by atoms with Gasteiger partial charge in [-0.1, -0.05) is 49.4 Å². The van der Waals surface area contributed by atoms with Gasteiger partial charge in [-0.3, -0.25) is 9.69 Å². The standard InChI is InChI=1S/C24H26N2O5/c1-17(6-4-5-14-27)24(30)20-7-2-3-8-21(20)26(22(24)28)16-18-9-11-19(12-10-18)25-13-15-31-23(25)29/h2-4,6-12,17,27,30H,5,13-16H2,1H3/b6-4+/t17-,24+/m0/s1. The van der Waals surface area contributed by atoms with E-state index in [2.05, 4.69) is 0 Å². The largest absolute Gasteiger partial charge is 0.447 e. The quantitative estimate of drug-likeness (QED) is 0.670. The Morgan fingerprint density at radius 3 is 2.58 bits per heavy atom. The van der Waals surface area contributed by atoms with E-state index in [1.54, 1.807) is 34.9 Å². The SMILES string of the molecule is C[C@@H](/C=C/CCO)[C@]1(O)C(=O)N(Cc2ccc(N3CCOC3=O)cc2)c2ccccc21. The molecule has 2 N–H and O–H groups in total. The molecule has 0 radical (unpaired) electrons. The van der Waals surface area contributed by atoms with Crippen LogP contribution in [0.15, 0.2) is 60.7 Å². The zero-order chi connectivity index (χ0) is 22.0. The number of rotatable bonds is 7. The molecule has 1 fully saturated rings. The number of ether oxygens (including phenoxy) is 1. The van der Waals surface area contributed by atoms with Gasteiger partial charge in [-0.25, -0.2) is 4.79 Å². The lowest BCUT2D eigenvalue weighted by Gasteiger charge is -2.27. The number of nitrogens with zero attached hydrogens (tertiary/aromatic N) is 2. The molecular weight excluding hydrogens is 396 g/mol. The fourth-order valence-corrected chi connectivity index (χ4v) is 4.16. The van der Waals surface area contributed by atoms with Crippen LogP contribution in [0.3, 0.4) is 0 Å². The van der Waals surface area contributed by atoms with Crippen LogP contribution in [0.2, 0.25) is 0 Å². The molecule has 7 heteroatoms. The van der Waals surface area contributed by atoms with Crippen molar-refractivity contribution in [3.05, 3.63) is 71.8 Å². The van der Waals surface area contributed by atoms with Gasteiger partial charge in [-0.15, -0.1) is 0 Å². The molecule has 0 bridgehead atoms. The van der Waals surface area contributed by atoms with E-state index in [0.29, 0.717) is 37.4 Å². The first kappa shape index (κ1) is 21.1. The molecule has 162 valence electrons. The van der Waals surface area contributed by atoms with Crippen LogP contribution >= 0.6 is 0 Å². The smallest absolute Gasteiger partial charge is 0.414 e. The van der Waals surface area contributed by atoms with Crippen molar-refractivity contribution in [2.75, 3.05) is 29.6 Å². The molecule has 2 aliphatic rings. The second-order valence-electron chi connectivity index (χ2n) is 7.84. The van der Waals surface area contributed by atoms with Crippen LogP contribution in [0.25, 0.3) is 0 Å². The Labute approximate surface area is 181 Å². The number of amides is 2. The Kier molecular flexibility index (Phi) is 5.80. The number of carbonyl (C=O) groups is 2. The lowest BCUT2D eigenvalue weighted by molar-refractivity contribution is -0.139. The number of aliphatic hydroxyl groups excluding tert-OH is 1. The van der Waals surface area contributed by atoms with E-state index >= 15 is 0 Å². The highest BCUT2D eigenvalue weighted by molar-refractivity contribution is 6.07. The van der Waals surface area contributed by atoms with Gasteiger partial charge in [0.25, 0.3) is 5.91 Å². The summed E-state index contributed by atoms with van der Waals surface area (Å²) in [7, 11) is 0. The normalized spacial score (nSPS) is 21.6. The van der Waals surface area contributed by atoms with E-state index in [1.165, 1.54) is 0 Å². The van der Waals surface area contributed by atoms with Gasteiger partial charge in [0.1, 0.15) is 6.61 Å².